The monoisotopic (exact) mass is 528 g/mol. The number of nitrogens with one attached hydrogen (secondary N) is 2. The van der Waals surface area contributed by atoms with Crippen molar-refractivity contribution >= 4 is 23.4 Å². The number of benzene rings is 1. The largest absolute Gasteiger partial charge is 0.359 e. The minimum absolute atomic E-state index is 0.0903. The summed E-state index contributed by atoms with van der Waals surface area (Å²) in [5.74, 6) is -1.83. The van der Waals surface area contributed by atoms with Crippen molar-refractivity contribution in [2.75, 3.05) is 5.32 Å². The molecule has 4 heterocycles. The fraction of sp³-hybridized carbons (Fsp3) is 0.484. The van der Waals surface area contributed by atoms with E-state index in [9.17, 15) is 14.4 Å². The van der Waals surface area contributed by atoms with Crippen LogP contribution in [0.15, 0.2) is 60.9 Å². The molecule has 8 nitrogen and oxygen atoms in total. The number of anilines is 1. The molecule has 2 N–H and O–H groups in total. The van der Waals surface area contributed by atoms with Crippen molar-refractivity contribution in [3.63, 3.8) is 0 Å². The number of carbonyl (C=O) groups is 3. The second-order valence-corrected chi connectivity index (χ2v) is 11.6. The lowest BCUT2D eigenvalue weighted by atomic mass is 9.74. The molecule has 1 spiro atoms. The van der Waals surface area contributed by atoms with E-state index in [2.05, 4.69) is 29.5 Å². The van der Waals surface area contributed by atoms with Crippen LogP contribution in [0.4, 0.5) is 5.69 Å². The van der Waals surface area contributed by atoms with Gasteiger partial charge in [0.2, 0.25) is 17.7 Å². The number of ether oxygens (including phenoxy) is 1. The normalized spacial score (nSPS) is 29.6. The standard InChI is InChI=1S/C31H36N4O4/c1-19(2)21-10-12-23(13-11-21)33-28(36)25-24-14-15-31(39-24)26(25)30(38)35(18-20-7-6-16-32-17-20)27(31)29(37)34-22-8-4-3-5-9-22/h6-7,10-17,19,22,24-27H,3-5,8-9,18H2,1-2H3,(H,33,36)(H,34,37)/t24-,25+,26-,27-,31-/m1/s1. The zero-order chi connectivity index (χ0) is 27.1. The van der Waals surface area contributed by atoms with Crippen molar-refractivity contribution in [3.05, 3.63) is 72.1 Å². The van der Waals surface area contributed by atoms with E-state index >= 15 is 0 Å². The van der Waals surface area contributed by atoms with E-state index in [0.717, 1.165) is 31.2 Å². The molecule has 1 aromatic heterocycles. The predicted octanol–water partition coefficient (Wildman–Crippen LogP) is 3.94. The second-order valence-electron chi connectivity index (χ2n) is 11.6. The lowest BCUT2D eigenvalue weighted by Gasteiger charge is -2.34. The highest BCUT2D eigenvalue weighted by atomic mass is 16.5. The molecule has 3 aliphatic heterocycles. The summed E-state index contributed by atoms with van der Waals surface area (Å²) >= 11 is 0. The van der Waals surface area contributed by atoms with Gasteiger partial charge in [-0.2, -0.15) is 0 Å². The average Bonchev–Trinajstić information content (AvgIpc) is 3.58. The third-order valence-electron chi connectivity index (χ3n) is 8.80. The fourth-order valence-corrected chi connectivity index (χ4v) is 6.83. The molecule has 2 bridgehead atoms. The highest BCUT2D eigenvalue weighted by molar-refractivity contribution is 6.02. The van der Waals surface area contributed by atoms with Gasteiger partial charge in [0.15, 0.2) is 0 Å². The minimum Gasteiger partial charge on any atom is -0.359 e. The van der Waals surface area contributed by atoms with E-state index in [4.69, 9.17) is 4.74 Å². The summed E-state index contributed by atoms with van der Waals surface area (Å²) in [6.07, 6.45) is 11.8. The van der Waals surface area contributed by atoms with Crippen LogP contribution in [0.5, 0.6) is 0 Å². The number of nitrogens with zero attached hydrogens (tertiary/aromatic N) is 2. The number of aromatic nitrogens is 1. The van der Waals surface area contributed by atoms with Gasteiger partial charge in [0.05, 0.1) is 17.9 Å². The molecule has 39 heavy (non-hydrogen) atoms. The van der Waals surface area contributed by atoms with Crippen LogP contribution in [0, 0.1) is 11.8 Å². The number of hydrogen-bond donors (Lipinski definition) is 2. The van der Waals surface area contributed by atoms with Crippen LogP contribution in [0.25, 0.3) is 0 Å². The zero-order valence-electron chi connectivity index (χ0n) is 22.5. The Morgan fingerprint density at radius 1 is 1.10 bits per heavy atom. The average molecular weight is 529 g/mol. The van der Waals surface area contributed by atoms with E-state index in [-0.39, 0.29) is 30.3 Å². The Kier molecular flexibility index (Phi) is 6.75. The molecule has 2 aromatic rings. The van der Waals surface area contributed by atoms with Gasteiger partial charge in [-0.05, 0) is 48.1 Å². The van der Waals surface area contributed by atoms with Gasteiger partial charge in [0.1, 0.15) is 11.6 Å². The highest BCUT2D eigenvalue weighted by Gasteiger charge is 2.72. The summed E-state index contributed by atoms with van der Waals surface area (Å²) in [4.78, 5) is 47.5. The molecule has 6 rings (SSSR count). The molecular weight excluding hydrogens is 492 g/mol. The quantitative estimate of drug-likeness (QED) is 0.530. The summed E-state index contributed by atoms with van der Waals surface area (Å²) in [6.45, 7) is 4.46. The Balaban J connectivity index is 1.29. The molecule has 5 atom stereocenters. The highest BCUT2D eigenvalue weighted by Crippen LogP contribution is 2.55. The number of hydrogen-bond acceptors (Lipinski definition) is 5. The van der Waals surface area contributed by atoms with Crippen molar-refractivity contribution in [3.8, 4) is 0 Å². The van der Waals surface area contributed by atoms with Crippen LogP contribution in [0.1, 0.15) is 63.0 Å². The van der Waals surface area contributed by atoms with Gasteiger partial charge in [0.25, 0.3) is 0 Å². The van der Waals surface area contributed by atoms with Gasteiger partial charge in [0, 0.05) is 30.7 Å². The van der Waals surface area contributed by atoms with Crippen molar-refractivity contribution in [1.29, 1.82) is 0 Å². The third kappa shape index (κ3) is 4.54. The van der Waals surface area contributed by atoms with Crippen LogP contribution in [-0.4, -0.2) is 51.4 Å². The maximum absolute atomic E-state index is 14.1. The molecule has 3 fully saturated rings. The molecule has 1 saturated carbocycles. The van der Waals surface area contributed by atoms with Crippen LogP contribution in [-0.2, 0) is 25.7 Å². The first-order valence-corrected chi connectivity index (χ1v) is 14.1. The van der Waals surface area contributed by atoms with Crippen molar-refractivity contribution in [2.45, 2.75) is 82.2 Å². The van der Waals surface area contributed by atoms with Crippen LogP contribution >= 0.6 is 0 Å². The van der Waals surface area contributed by atoms with Crippen molar-refractivity contribution < 1.29 is 19.1 Å². The van der Waals surface area contributed by atoms with E-state index in [1.54, 1.807) is 17.3 Å². The molecule has 204 valence electrons. The maximum Gasteiger partial charge on any atom is 0.246 e. The van der Waals surface area contributed by atoms with Gasteiger partial charge in [-0.25, -0.2) is 0 Å². The molecular formula is C31H36N4O4. The SMILES string of the molecule is CC(C)c1ccc(NC(=O)[C@H]2[C@H]3C=C[C@@]4(O3)[C@H]2C(=O)N(Cc2cccnc2)[C@@H]4C(=O)NC2CCCCC2)cc1. The molecule has 1 aliphatic carbocycles. The number of fused-ring (bicyclic) bond motifs is 1. The Morgan fingerprint density at radius 3 is 2.56 bits per heavy atom. The molecule has 8 heteroatoms. The lowest BCUT2D eigenvalue weighted by molar-refractivity contribution is -0.142. The molecule has 1 aromatic carbocycles. The van der Waals surface area contributed by atoms with E-state index in [0.29, 0.717) is 11.6 Å². The second kappa shape index (κ2) is 10.2. The van der Waals surface area contributed by atoms with Gasteiger partial charge in [-0.1, -0.05) is 63.5 Å². The predicted molar refractivity (Wildman–Crippen MR) is 146 cm³/mol. The number of rotatable bonds is 7. The van der Waals surface area contributed by atoms with Crippen molar-refractivity contribution in [2.24, 2.45) is 11.8 Å². The number of amides is 3. The summed E-state index contributed by atoms with van der Waals surface area (Å²) in [5, 5.41) is 6.23. The Bertz CT molecular complexity index is 1270. The van der Waals surface area contributed by atoms with Gasteiger partial charge >= 0.3 is 0 Å². The molecule has 0 radical (unpaired) electrons. The number of likely N-dealkylation sites (tertiary alicyclic amines) is 1. The molecule has 2 saturated heterocycles. The Hall–Kier alpha value is -3.52. The zero-order valence-corrected chi connectivity index (χ0v) is 22.5. The summed E-state index contributed by atoms with van der Waals surface area (Å²) in [7, 11) is 0. The van der Waals surface area contributed by atoms with Gasteiger partial charge in [-0.15, -0.1) is 0 Å². The van der Waals surface area contributed by atoms with Crippen LogP contribution < -0.4 is 10.6 Å². The number of pyridine rings is 1. The Morgan fingerprint density at radius 2 is 1.87 bits per heavy atom. The smallest absolute Gasteiger partial charge is 0.246 e. The number of carbonyl (C=O) groups excluding carboxylic acids is 3. The first-order valence-electron chi connectivity index (χ1n) is 14.1. The first kappa shape index (κ1) is 25.7. The summed E-state index contributed by atoms with van der Waals surface area (Å²) < 4.78 is 6.46. The molecule has 4 aliphatic rings. The van der Waals surface area contributed by atoms with Crippen LogP contribution in [0.2, 0.25) is 0 Å². The van der Waals surface area contributed by atoms with Gasteiger partial charge < -0.3 is 20.3 Å². The van der Waals surface area contributed by atoms with E-state index < -0.39 is 29.6 Å². The first-order chi connectivity index (χ1) is 18.9. The molecule has 0 unspecified atom stereocenters. The van der Waals surface area contributed by atoms with E-state index in [1.165, 1.54) is 12.0 Å². The molecule has 3 amide bonds. The van der Waals surface area contributed by atoms with E-state index in [1.807, 2.05) is 48.6 Å². The summed E-state index contributed by atoms with van der Waals surface area (Å²) in [6, 6.07) is 10.7. The lowest BCUT2D eigenvalue weighted by Crippen LogP contribution is -2.56. The van der Waals surface area contributed by atoms with Crippen LogP contribution in [0.3, 0.4) is 0 Å². The topological polar surface area (TPSA) is 101 Å². The maximum atomic E-state index is 14.1. The minimum atomic E-state index is -1.17. The summed E-state index contributed by atoms with van der Waals surface area (Å²) in [5.41, 5.74) is 1.51. The van der Waals surface area contributed by atoms with Gasteiger partial charge in [-0.3, -0.25) is 19.4 Å². The fourth-order valence-electron chi connectivity index (χ4n) is 6.83. The third-order valence-corrected chi connectivity index (χ3v) is 8.80. The van der Waals surface area contributed by atoms with Crippen molar-refractivity contribution in [1.82, 2.24) is 15.2 Å². The Labute approximate surface area is 229 Å².